The molecule has 1 heterocycles. The van der Waals surface area contributed by atoms with Crippen LogP contribution in [0.1, 0.15) is 20.7 Å². The van der Waals surface area contributed by atoms with Gasteiger partial charge >= 0.3 is 11.9 Å². The Morgan fingerprint density at radius 3 is 2.62 bits per heavy atom. The second-order valence-electron chi connectivity index (χ2n) is 4.05. The zero-order valence-corrected chi connectivity index (χ0v) is 11.7. The van der Waals surface area contributed by atoms with Gasteiger partial charge in [-0.3, -0.25) is 0 Å². The smallest absolute Gasteiger partial charge is 0.338 e. The Hall–Kier alpha value is -2.60. The van der Waals surface area contributed by atoms with E-state index in [-0.39, 0.29) is 10.6 Å². The zero-order valence-electron chi connectivity index (χ0n) is 11.0. The van der Waals surface area contributed by atoms with Crippen LogP contribution >= 0.6 is 11.6 Å². The number of rotatable bonds is 4. The summed E-state index contributed by atoms with van der Waals surface area (Å²) in [7, 11) is 1.29. The van der Waals surface area contributed by atoms with Crippen molar-refractivity contribution in [3.8, 4) is 0 Å². The molecule has 1 aromatic carbocycles. The molecule has 0 aliphatic rings. The number of pyridine rings is 1. The van der Waals surface area contributed by atoms with E-state index >= 15 is 0 Å². The first-order chi connectivity index (χ1) is 10.0. The van der Waals surface area contributed by atoms with Crippen molar-refractivity contribution >= 4 is 35.0 Å². The maximum Gasteiger partial charge on any atom is 0.338 e. The Balaban J connectivity index is 2.26. The summed E-state index contributed by atoms with van der Waals surface area (Å²) >= 11 is 6.01. The summed E-state index contributed by atoms with van der Waals surface area (Å²) in [5.74, 6) is -1.15. The number of carboxylic acid groups (broad SMARTS) is 1. The number of benzene rings is 1. The van der Waals surface area contributed by atoms with Gasteiger partial charge in [0.25, 0.3) is 0 Å². The first-order valence-corrected chi connectivity index (χ1v) is 6.23. The fourth-order valence-electron chi connectivity index (χ4n) is 1.63. The van der Waals surface area contributed by atoms with Crippen LogP contribution in [0.4, 0.5) is 11.5 Å². The SMILES string of the molecule is COC(=O)c1ccnc(Nc2ccc(C(=O)O)cc2Cl)c1. The van der Waals surface area contributed by atoms with Crippen molar-refractivity contribution in [2.75, 3.05) is 12.4 Å². The number of carbonyl (C=O) groups excluding carboxylic acids is 1. The van der Waals surface area contributed by atoms with E-state index in [0.29, 0.717) is 17.1 Å². The molecule has 0 aliphatic carbocycles. The largest absolute Gasteiger partial charge is 0.478 e. The quantitative estimate of drug-likeness (QED) is 0.844. The topological polar surface area (TPSA) is 88.5 Å². The van der Waals surface area contributed by atoms with Gasteiger partial charge in [0.05, 0.1) is 28.9 Å². The Morgan fingerprint density at radius 1 is 1.24 bits per heavy atom. The van der Waals surface area contributed by atoms with Crippen LogP contribution in [0.5, 0.6) is 0 Å². The van der Waals surface area contributed by atoms with Gasteiger partial charge < -0.3 is 15.2 Å². The molecule has 0 radical (unpaired) electrons. The third kappa shape index (κ3) is 3.49. The summed E-state index contributed by atoms with van der Waals surface area (Å²) in [6.45, 7) is 0. The second kappa shape index (κ2) is 6.23. The number of ether oxygens (including phenoxy) is 1. The average Bonchev–Trinajstić information content (AvgIpc) is 2.48. The van der Waals surface area contributed by atoms with Crippen LogP contribution in [0, 0.1) is 0 Å². The van der Waals surface area contributed by atoms with Gasteiger partial charge in [-0.2, -0.15) is 0 Å². The van der Waals surface area contributed by atoms with Crippen molar-refractivity contribution in [2.24, 2.45) is 0 Å². The zero-order chi connectivity index (χ0) is 15.4. The van der Waals surface area contributed by atoms with E-state index in [1.165, 1.54) is 43.6 Å². The summed E-state index contributed by atoms with van der Waals surface area (Å²) in [5.41, 5.74) is 0.909. The monoisotopic (exact) mass is 306 g/mol. The molecule has 7 heteroatoms. The summed E-state index contributed by atoms with van der Waals surface area (Å²) in [6.07, 6.45) is 1.45. The van der Waals surface area contributed by atoms with Crippen LogP contribution < -0.4 is 5.32 Å². The molecule has 0 bridgehead atoms. The number of nitrogens with zero attached hydrogens (tertiary/aromatic N) is 1. The number of aromatic carboxylic acids is 1. The number of esters is 1. The van der Waals surface area contributed by atoms with Crippen LogP contribution in [-0.4, -0.2) is 29.1 Å². The van der Waals surface area contributed by atoms with Gasteiger partial charge in [-0.15, -0.1) is 0 Å². The van der Waals surface area contributed by atoms with Crippen LogP contribution in [0.3, 0.4) is 0 Å². The number of hydrogen-bond donors (Lipinski definition) is 2. The molecule has 2 rings (SSSR count). The number of aromatic nitrogens is 1. The summed E-state index contributed by atoms with van der Waals surface area (Å²) in [5, 5.41) is 12.0. The van der Waals surface area contributed by atoms with Gasteiger partial charge in [0.2, 0.25) is 0 Å². The standard InChI is InChI=1S/C14H11ClN2O4/c1-21-14(20)9-4-5-16-12(7-9)17-11-3-2-8(13(18)19)6-10(11)15/h2-7H,1H3,(H,16,17)(H,18,19). The molecule has 21 heavy (non-hydrogen) atoms. The molecule has 6 nitrogen and oxygen atoms in total. The molecule has 0 fully saturated rings. The van der Waals surface area contributed by atoms with Gasteiger partial charge in [0.1, 0.15) is 5.82 Å². The molecule has 0 saturated heterocycles. The number of carboxylic acids is 1. The maximum atomic E-state index is 11.4. The van der Waals surface area contributed by atoms with E-state index in [4.69, 9.17) is 16.7 Å². The number of methoxy groups -OCH3 is 1. The van der Waals surface area contributed by atoms with E-state index in [0.717, 1.165) is 0 Å². The van der Waals surface area contributed by atoms with Gasteiger partial charge in [-0.05, 0) is 30.3 Å². The molecule has 2 N–H and O–H groups in total. The predicted octanol–water partition coefficient (Wildman–Crippen LogP) is 2.96. The first-order valence-electron chi connectivity index (χ1n) is 5.85. The van der Waals surface area contributed by atoms with Crippen molar-refractivity contribution < 1.29 is 19.4 Å². The van der Waals surface area contributed by atoms with Crippen LogP contribution in [0.15, 0.2) is 36.5 Å². The predicted molar refractivity (Wildman–Crippen MR) is 77.3 cm³/mol. The fourth-order valence-corrected chi connectivity index (χ4v) is 1.86. The Labute approximate surface area is 125 Å². The molecule has 2 aromatic rings. The van der Waals surface area contributed by atoms with Crippen LogP contribution in [0.2, 0.25) is 5.02 Å². The highest BCUT2D eigenvalue weighted by atomic mass is 35.5. The summed E-state index contributed by atoms with van der Waals surface area (Å²) in [6, 6.07) is 7.30. The normalized spacial score (nSPS) is 10.0. The minimum Gasteiger partial charge on any atom is -0.478 e. The second-order valence-corrected chi connectivity index (χ2v) is 4.45. The molecule has 0 spiro atoms. The number of hydrogen-bond acceptors (Lipinski definition) is 5. The fraction of sp³-hybridized carbons (Fsp3) is 0.0714. The Kier molecular flexibility index (Phi) is 4.39. The van der Waals surface area contributed by atoms with E-state index < -0.39 is 11.9 Å². The number of halogens is 1. The van der Waals surface area contributed by atoms with Crippen LogP contribution in [0.25, 0.3) is 0 Å². The molecule has 108 valence electrons. The molecule has 0 aliphatic heterocycles. The van der Waals surface area contributed by atoms with Crippen molar-refractivity contribution in [3.63, 3.8) is 0 Å². The Bertz CT molecular complexity index is 703. The van der Waals surface area contributed by atoms with E-state index in [2.05, 4.69) is 15.0 Å². The molecule has 0 atom stereocenters. The molecule has 0 unspecified atom stereocenters. The van der Waals surface area contributed by atoms with Gasteiger partial charge in [0.15, 0.2) is 0 Å². The number of anilines is 2. The molecular formula is C14H11ClN2O4. The van der Waals surface area contributed by atoms with E-state index in [9.17, 15) is 9.59 Å². The van der Waals surface area contributed by atoms with Gasteiger partial charge in [-0.25, -0.2) is 14.6 Å². The van der Waals surface area contributed by atoms with Crippen molar-refractivity contribution in [3.05, 3.63) is 52.7 Å². The van der Waals surface area contributed by atoms with Crippen molar-refractivity contribution in [1.29, 1.82) is 0 Å². The minimum absolute atomic E-state index is 0.0850. The first kappa shape index (κ1) is 14.8. The summed E-state index contributed by atoms with van der Waals surface area (Å²) < 4.78 is 4.62. The van der Waals surface area contributed by atoms with E-state index in [1.807, 2.05) is 0 Å². The van der Waals surface area contributed by atoms with Gasteiger partial charge in [-0.1, -0.05) is 11.6 Å². The van der Waals surface area contributed by atoms with Crippen LogP contribution in [-0.2, 0) is 4.74 Å². The third-order valence-corrected chi connectivity index (χ3v) is 2.97. The van der Waals surface area contributed by atoms with Crippen molar-refractivity contribution in [2.45, 2.75) is 0 Å². The van der Waals surface area contributed by atoms with Gasteiger partial charge in [0, 0.05) is 6.20 Å². The molecular weight excluding hydrogens is 296 g/mol. The highest BCUT2D eigenvalue weighted by molar-refractivity contribution is 6.33. The summed E-state index contributed by atoms with van der Waals surface area (Å²) in [4.78, 5) is 26.3. The lowest BCUT2D eigenvalue weighted by Crippen LogP contribution is -2.03. The molecule has 0 amide bonds. The minimum atomic E-state index is -1.06. The lowest BCUT2D eigenvalue weighted by Gasteiger charge is -2.09. The third-order valence-electron chi connectivity index (χ3n) is 2.66. The highest BCUT2D eigenvalue weighted by Gasteiger charge is 2.10. The Morgan fingerprint density at radius 2 is 2.00 bits per heavy atom. The molecule has 0 saturated carbocycles. The van der Waals surface area contributed by atoms with E-state index in [1.54, 1.807) is 0 Å². The van der Waals surface area contributed by atoms with Crippen molar-refractivity contribution in [1.82, 2.24) is 4.98 Å². The highest BCUT2D eigenvalue weighted by Crippen LogP contribution is 2.26. The lowest BCUT2D eigenvalue weighted by atomic mass is 10.2. The lowest BCUT2D eigenvalue weighted by molar-refractivity contribution is 0.0599. The number of carbonyl (C=O) groups is 2. The molecule has 1 aromatic heterocycles. The number of nitrogens with one attached hydrogen (secondary N) is 1. The average molecular weight is 307 g/mol. The maximum absolute atomic E-state index is 11.4.